The van der Waals surface area contributed by atoms with E-state index >= 15 is 0 Å². The maximum absolute atomic E-state index is 12.5. The first-order valence-corrected chi connectivity index (χ1v) is 11.5. The summed E-state index contributed by atoms with van der Waals surface area (Å²) in [6, 6.07) is 5.03. The van der Waals surface area contributed by atoms with Crippen LogP contribution in [-0.4, -0.2) is 63.6 Å². The van der Waals surface area contributed by atoms with Crippen molar-refractivity contribution in [3.63, 3.8) is 0 Å². The summed E-state index contributed by atoms with van der Waals surface area (Å²) in [4.78, 5) is 21.9. The first kappa shape index (κ1) is 19.1. The van der Waals surface area contributed by atoms with Crippen molar-refractivity contribution in [2.45, 2.75) is 6.04 Å². The van der Waals surface area contributed by atoms with E-state index in [2.05, 4.69) is 36.8 Å². The van der Waals surface area contributed by atoms with Crippen molar-refractivity contribution < 1.29 is 9.00 Å². The molecule has 1 saturated heterocycles. The highest BCUT2D eigenvalue weighted by atomic mass is 79.9. The smallest absolute Gasteiger partial charge is 0.243 e. The Hall–Kier alpha value is -2.86. The molecule has 10 nitrogen and oxygen atoms in total. The minimum absolute atomic E-state index is 0.202. The van der Waals surface area contributed by atoms with Crippen LogP contribution < -0.4 is 10.6 Å². The molecule has 2 N–H and O–H groups in total. The Balaban J connectivity index is 1.69. The summed E-state index contributed by atoms with van der Waals surface area (Å²) in [7, 11) is 0.716. The molecule has 4 aromatic rings. The molecule has 2 unspecified atom stereocenters. The van der Waals surface area contributed by atoms with Crippen molar-refractivity contribution in [2.24, 2.45) is 7.05 Å². The summed E-state index contributed by atoms with van der Waals surface area (Å²) < 4.78 is 16.2. The van der Waals surface area contributed by atoms with Gasteiger partial charge in [0.05, 0.1) is 23.0 Å². The van der Waals surface area contributed by atoms with Crippen molar-refractivity contribution >= 4 is 55.1 Å². The Morgan fingerprint density at radius 3 is 3.00 bits per heavy atom. The number of halogens is 1. The zero-order valence-corrected chi connectivity index (χ0v) is 18.3. The predicted molar refractivity (Wildman–Crippen MR) is 116 cm³/mol. The topological polar surface area (TPSA) is 119 Å². The van der Waals surface area contributed by atoms with Crippen LogP contribution in [0.1, 0.15) is 0 Å². The Bertz CT molecular complexity index is 1320. The third kappa shape index (κ3) is 3.35. The summed E-state index contributed by atoms with van der Waals surface area (Å²) in [5.41, 5.74) is 2.05. The predicted octanol–water partition coefficient (Wildman–Crippen LogP) is 1.10. The highest BCUT2D eigenvalue weighted by molar-refractivity contribution is 9.10. The summed E-state index contributed by atoms with van der Waals surface area (Å²) in [5, 5.41) is 15.5. The molecule has 1 fully saturated rings. The van der Waals surface area contributed by atoms with Crippen LogP contribution in [0.5, 0.6) is 0 Å². The summed E-state index contributed by atoms with van der Waals surface area (Å²) in [6.07, 6.45) is 3.52. The van der Waals surface area contributed by atoms with Crippen molar-refractivity contribution in [1.82, 2.24) is 34.7 Å². The van der Waals surface area contributed by atoms with Crippen LogP contribution in [0.4, 0.5) is 5.95 Å². The zero-order chi connectivity index (χ0) is 20.8. The molecule has 2 atom stereocenters. The number of nitrogens with zero attached hydrogens (tertiary/aromatic N) is 6. The maximum atomic E-state index is 12.5. The van der Waals surface area contributed by atoms with E-state index in [-0.39, 0.29) is 11.7 Å². The van der Waals surface area contributed by atoms with Gasteiger partial charge in [-0.1, -0.05) is 6.07 Å². The van der Waals surface area contributed by atoms with Crippen molar-refractivity contribution in [1.29, 1.82) is 0 Å². The number of nitrogens with one attached hydrogen (secondary N) is 2. The van der Waals surface area contributed by atoms with Gasteiger partial charge in [0.1, 0.15) is 6.04 Å². The fourth-order valence-electron chi connectivity index (χ4n) is 3.37. The van der Waals surface area contributed by atoms with E-state index in [1.54, 1.807) is 15.4 Å². The van der Waals surface area contributed by atoms with E-state index in [4.69, 9.17) is 9.97 Å². The van der Waals surface area contributed by atoms with Gasteiger partial charge in [0.15, 0.2) is 11.5 Å². The number of anilines is 1. The monoisotopic (exact) mass is 488 g/mol. The van der Waals surface area contributed by atoms with Crippen LogP contribution in [0.2, 0.25) is 0 Å². The van der Waals surface area contributed by atoms with Gasteiger partial charge in [-0.25, -0.2) is 9.97 Å². The first-order valence-electron chi connectivity index (χ1n) is 9.23. The SMILES string of the molecule is Cn1cc(-c2nc3c4cccc(Br)c4nc(NC4CS(=O)CCNC4=O)n3n2)cn1. The number of hydrogen-bond donors (Lipinski definition) is 2. The minimum Gasteiger partial charge on any atom is -0.353 e. The number of aromatic nitrogens is 6. The second kappa shape index (κ2) is 7.43. The normalized spacial score (nSPS) is 19.7. The molecule has 0 bridgehead atoms. The number of carbonyl (C=O) groups is 1. The second-order valence-corrected chi connectivity index (χ2v) is 9.42. The molecule has 0 saturated carbocycles. The van der Waals surface area contributed by atoms with Crippen molar-refractivity contribution in [3.8, 4) is 11.4 Å². The lowest BCUT2D eigenvalue weighted by molar-refractivity contribution is -0.121. The van der Waals surface area contributed by atoms with E-state index < -0.39 is 16.8 Å². The minimum atomic E-state index is -1.11. The lowest BCUT2D eigenvalue weighted by Gasteiger charge is -2.16. The first-order chi connectivity index (χ1) is 14.5. The summed E-state index contributed by atoms with van der Waals surface area (Å²) in [6.45, 7) is 0.393. The standard InChI is InChI=1S/C18H17BrN8O2S/c1-26-8-10(7-21-26)15-24-16-11-3-2-4-12(19)14(11)23-18(27(16)25-15)22-13-9-30(29)6-5-20-17(13)28/h2-4,7-8,13H,5-6,9H2,1H3,(H,20,28)(H,22,23). The molecule has 1 aliphatic rings. The Morgan fingerprint density at radius 1 is 1.33 bits per heavy atom. The van der Waals surface area contributed by atoms with Crippen LogP contribution in [0.15, 0.2) is 35.1 Å². The molecule has 30 heavy (non-hydrogen) atoms. The Morgan fingerprint density at radius 2 is 2.20 bits per heavy atom. The van der Waals surface area contributed by atoms with Gasteiger partial charge in [-0.15, -0.1) is 5.10 Å². The number of aryl methyl sites for hydroxylation is 1. The molecule has 0 aliphatic carbocycles. The molecule has 0 radical (unpaired) electrons. The van der Waals surface area contributed by atoms with Crippen LogP contribution in [0.3, 0.4) is 0 Å². The highest BCUT2D eigenvalue weighted by Crippen LogP contribution is 2.28. The lowest BCUT2D eigenvalue weighted by atomic mass is 10.2. The third-order valence-electron chi connectivity index (χ3n) is 4.82. The quantitative estimate of drug-likeness (QED) is 0.443. The van der Waals surface area contributed by atoms with Gasteiger partial charge in [0, 0.05) is 46.2 Å². The fraction of sp³-hybridized carbons (Fsp3) is 0.278. The van der Waals surface area contributed by atoms with Gasteiger partial charge in [-0.05, 0) is 28.1 Å². The number of amides is 1. The van der Waals surface area contributed by atoms with Crippen molar-refractivity contribution in [2.75, 3.05) is 23.4 Å². The molecule has 1 aromatic carbocycles. The number of para-hydroxylation sites is 1. The molecule has 4 heterocycles. The average Bonchev–Trinajstić information content (AvgIpc) is 3.31. The van der Waals surface area contributed by atoms with Crippen LogP contribution >= 0.6 is 15.9 Å². The molecule has 1 aliphatic heterocycles. The molecule has 0 spiro atoms. The van der Waals surface area contributed by atoms with Gasteiger partial charge in [-0.3, -0.25) is 13.7 Å². The average molecular weight is 489 g/mol. The highest BCUT2D eigenvalue weighted by Gasteiger charge is 2.26. The molecular formula is C18H17BrN8O2S. The molecule has 1 amide bonds. The Labute approximate surface area is 181 Å². The number of carbonyl (C=O) groups excluding carboxylic acids is 1. The molecule has 3 aromatic heterocycles. The van der Waals surface area contributed by atoms with E-state index in [1.807, 2.05) is 31.4 Å². The van der Waals surface area contributed by atoms with Crippen LogP contribution in [-0.2, 0) is 22.6 Å². The van der Waals surface area contributed by atoms with Crippen LogP contribution in [0.25, 0.3) is 27.9 Å². The van der Waals surface area contributed by atoms with Gasteiger partial charge in [0.25, 0.3) is 0 Å². The largest absolute Gasteiger partial charge is 0.353 e. The Kier molecular flexibility index (Phi) is 4.74. The van der Waals surface area contributed by atoms with Gasteiger partial charge in [0.2, 0.25) is 11.9 Å². The van der Waals surface area contributed by atoms with Crippen molar-refractivity contribution in [3.05, 3.63) is 35.1 Å². The second-order valence-electron chi connectivity index (χ2n) is 6.94. The molecule has 5 rings (SSSR count). The van der Waals surface area contributed by atoms with Gasteiger partial charge < -0.3 is 10.6 Å². The van der Waals surface area contributed by atoms with E-state index in [0.29, 0.717) is 35.2 Å². The van der Waals surface area contributed by atoms with Gasteiger partial charge >= 0.3 is 0 Å². The summed E-state index contributed by atoms with van der Waals surface area (Å²) >= 11 is 3.54. The fourth-order valence-corrected chi connectivity index (χ4v) is 4.93. The maximum Gasteiger partial charge on any atom is 0.243 e. The van der Waals surface area contributed by atoms with Crippen LogP contribution in [0, 0.1) is 0 Å². The molecular weight excluding hydrogens is 472 g/mol. The molecule has 154 valence electrons. The number of benzene rings is 1. The summed E-state index contributed by atoms with van der Waals surface area (Å²) in [5.74, 6) is 1.27. The van der Waals surface area contributed by atoms with Gasteiger partial charge in [-0.2, -0.15) is 9.61 Å². The zero-order valence-electron chi connectivity index (χ0n) is 15.9. The van der Waals surface area contributed by atoms with E-state index in [1.165, 1.54) is 0 Å². The number of hydrogen-bond acceptors (Lipinski definition) is 7. The molecule has 12 heteroatoms. The van der Waals surface area contributed by atoms with E-state index in [9.17, 15) is 9.00 Å². The number of rotatable bonds is 3. The number of fused-ring (bicyclic) bond motifs is 3. The lowest BCUT2D eigenvalue weighted by Crippen LogP contribution is -2.41. The third-order valence-corrected chi connectivity index (χ3v) is 6.82. The van der Waals surface area contributed by atoms with E-state index in [0.717, 1.165) is 15.4 Å².